The molecule has 0 aromatic heterocycles. The Balaban J connectivity index is 1.83. The lowest BCUT2D eigenvalue weighted by atomic mass is 9.76. The highest BCUT2D eigenvalue weighted by atomic mass is 14.7. The third-order valence-electron chi connectivity index (χ3n) is 6.63. The van der Waals surface area contributed by atoms with E-state index in [1.165, 1.54) is 61.6 Å². The summed E-state index contributed by atoms with van der Waals surface area (Å²) in [5.41, 5.74) is 5.18. The minimum absolute atomic E-state index is 0.769. The fraction of sp³-hybridized carbons (Fsp3) is 0.607. The van der Waals surface area contributed by atoms with E-state index in [2.05, 4.69) is 77.1 Å². The van der Waals surface area contributed by atoms with Gasteiger partial charge in [-0.2, -0.15) is 0 Å². The summed E-state index contributed by atoms with van der Waals surface area (Å²) >= 11 is 0. The van der Waals surface area contributed by atoms with Crippen LogP contribution in [0.4, 0.5) is 0 Å². The average molecular weight is 394 g/mol. The molecular formula is C28H43N. The van der Waals surface area contributed by atoms with E-state index < -0.39 is 0 Å². The first-order chi connectivity index (χ1) is 14.0. The van der Waals surface area contributed by atoms with Crippen LogP contribution < -0.4 is 0 Å². The van der Waals surface area contributed by atoms with Crippen molar-refractivity contribution in [1.29, 1.82) is 0 Å². The lowest BCUT2D eigenvalue weighted by Gasteiger charge is -2.30. The minimum Gasteiger partial charge on any atom is -0.285 e. The van der Waals surface area contributed by atoms with E-state index in [0.717, 1.165) is 36.4 Å². The van der Waals surface area contributed by atoms with Crippen molar-refractivity contribution in [1.82, 2.24) is 0 Å². The van der Waals surface area contributed by atoms with Crippen molar-refractivity contribution < 1.29 is 0 Å². The van der Waals surface area contributed by atoms with E-state index >= 15 is 0 Å². The SMILES string of the molecule is CC=C/C(=C\CC)C(C)=NCc1ccc(CC2CCC(CC(C)CC)CC2)cc1. The van der Waals surface area contributed by atoms with Gasteiger partial charge in [-0.15, -0.1) is 0 Å². The highest BCUT2D eigenvalue weighted by Crippen LogP contribution is 2.34. The Labute approximate surface area is 180 Å². The van der Waals surface area contributed by atoms with Gasteiger partial charge < -0.3 is 0 Å². The molecule has 0 radical (unpaired) electrons. The van der Waals surface area contributed by atoms with Crippen molar-refractivity contribution in [2.24, 2.45) is 22.7 Å². The van der Waals surface area contributed by atoms with Crippen molar-refractivity contribution in [2.75, 3.05) is 0 Å². The molecule has 0 aliphatic heterocycles. The lowest BCUT2D eigenvalue weighted by molar-refractivity contribution is 0.237. The summed E-state index contributed by atoms with van der Waals surface area (Å²) in [5.74, 6) is 2.78. The molecule has 1 aliphatic rings. The molecule has 0 amide bonds. The number of allylic oxidation sites excluding steroid dienone is 4. The molecule has 1 aromatic rings. The zero-order valence-corrected chi connectivity index (χ0v) is 19.6. The van der Waals surface area contributed by atoms with Crippen LogP contribution in [0.5, 0.6) is 0 Å². The van der Waals surface area contributed by atoms with Crippen molar-refractivity contribution in [3.8, 4) is 0 Å². The molecule has 2 rings (SSSR count). The largest absolute Gasteiger partial charge is 0.285 e. The van der Waals surface area contributed by atoms with E-state index in [-0.39, 0.29) is 0 Å². The molecule has 1 atom stereocenters. The predicted octanol–water partition coefficient (Wildman–Crippen LogP) is 8.35. The topological polar surface area (TPSA) is 12.4 Å². The molecule has 0 heterocycles. The number of hydrogen-bond acceptors (Lipinski definition) is 1. The van der Waals surface area contributed by atoms with Crippen LogP contribution in [-0.2, 0) is 13.0 Å². The standard InChI is InChI=1S/C28H43N/c1-6-9-28(10-7-2)23(5)29-21-27-17-15-26(16-18-27)20-25-13-11-24(12-14-25)19-22(4)8-3/h6,9-10,15-18,22,24-25H,7-8,11-14,19-21H2,1-5H3/b9-6?,28-10+,29-23?. The molecule has 1 aliphatic carbocycles. The summed E-state index contributed by atoms with van der Waals surface area (Å²) in [6.07, 6.45) is 17.3. The fourth-order valence-corrected chi connectivity index (χ4v) is 4.56. The molecule has 0 bridgehead atoms. The number of nitrogens with zero attached hydrogens (tertiary/aromatic N) is 1. The normalized spacial score (nSPS) is 22.2. The van der Waals surface area contributed by atoms with Crippen LogP contribution in [0.3, 0.4) is 0 Å². The Morgan fingerprint density at radius 3 is 2.24 bits per heavy atom. The van der Waals surface area contributed by atoms with Crippen molar-refractivity contribution >= 4 is 5.71 Å². The molecular weight excluding hydrogens is 350 g/mol. The van der Waals surface area contributed by atoms with Gasteiger partial charge >= 0.3 is 0 Å². The maximum atomic E-state index is 4.81. The number of hydrogen-bond donors (Lipinski definition) is 0. The molecule has 0 spiro atoms. The summed E-state index contributed by atoms with van der Waals surface area (Å²) in [4.78, 5) is 4.81. The molecule has 0 saturated heterocycles. The maximum absolute atomic E-state index is 4.81. The van der Waals surface area contributed by atoms with Gasteiger partial charge in [-0.05, 0) is 80.4 Å². The summed E-state index contributed by atoms with van der Waals surface area (Å²) in [6, 6.07) is 9.22. The second-order valence-electron chi connectivity index (χ2n) is 9.13. The third kappa shape index (κ3) is 8.33. The Hall–Kier alpha value is -1.63. The van der Waals surface area contributed by atoms with Gasteiger partial charge in [-0.1, -0.05) is 82.5 Å². The number of benzene rings is 1. The van der Waals surface area contributed by atoms with Gasteiger partial charge in [-0.25, -0.2) is 0 Å². The predicted molar refractivity (Wildman–Crippen MR) is 130 cm³/mol. The second kappa shape index (κ2) is 12.8. The Bertz CT molecular complexity index is 669. The Morgan fingerprint density at radius 2 is 1.66 bits per heavy atom. The summed E-state index contributed by atoms with van der Waals surface area (Å²) in [6.45, 7) is 11.9. The zero-order valence-electron chi connectivity index (χ0n) is 19.6. The van der Waals surface area contributed by atoms with E-state index in [1.54, 1.807) is 0 Å². The highest BCUT2D eigenvalue weighted by Gasteiger charge is 2.22. The van der Waals surface area contributed by atoms with Gasteiger partial charge in [-0.3, -0.25) is 4.99 Å². The first kappa shape index (κ1) is 23.6. The second-order valence-corrected chi connectivity index (χ2v) is 9.13. The minimum atomic E-state index is 0.769. The van der Waals surface area contributed by atoms with Crippen molar-refractivity contribution in [3.05, 3.63) is 59.2 Å². The van der Waals surface area contributed by atoms with E-state index in [1.807, 2.05) is 0 Å². The quantitative estimate of drug-likeness (QED) is 0.280. The van der Waals surface area contributed by atoms with E-state index in [9.17, 15) is 0 Å². The van der Waals surface area contributed by atoms with Crippen LogP contribution in [0.15, 0.2) is 53.1 Å². The Morgan fingerprint density at radius 1 is 1.03 bits per heavy atom. The summed E-state index contributed by atoms with van der Waals surface area (Å²) in [5, 5.41) is 0. The van der Waals surface area contributed by atoms with Crippen LogP contribution in [0.2, 0.25) is 0 Å². The van der Waals surface area contributed by atoms with E-state index in [4.69, 9.17) is 4.99 Å². The van der Waals surface area contributed by atoms with Crippen LogP contribution in [0, 0.1) is 17.8 Å². The zero-order chi connectivity index (χ0) is 21.1. The molecule has 160 valence electrons. The first-order valence-electron chi connectivity index (χ1n) is 12.0. The fourth-order valence-electron chi connectivity index (χ4n) is 4.56. The van der Waals surface area contributed by atoms with Gasteiger partial charge in [0.05, 0.1) is 6.54 Å². The first-order valence-corrected chi connectivity index (χ1v) is 12.0. The van der Waals surface area contributed by atoms with Crippen LogP contribution >= 0.6 is 0 Å². The van der Waals surface area contributed by atoms with Crippen LogP contribution in [-0.4, -0.2) is 5.71 Å². The van der Waals surface area contributed by atoms with E-state index in [0.29, 0.717) is 0 Å². The average Bonchev–Trinajstić information content (AvgIpc) is 2.74. The summed E-state index contributed by atoms with van der Waals surface area (Å²) < 4.78 is 0. The molecule has 1 fully saturated rings. The molecule has 1 heteroatoms. The van der Waals surface area contributed by atoms with Gasteiger partial charge in [0.25, 0.3) is 0 Å². The maximum Gasteiger partial charge on any atom is 0.0643 e. The molecule has 0 N–H and O–H groups in total. The smallest absolute Gasteiger partial charge is 0.0643 e. The Kier molecular flexibility index (Phi) is 10.5. The summed E-state index contributed by atoms with van der Waals surface area (Å²) in [7, 11) is 0. The van der Waals surface area contributed by atoms with Gasteiger partial charge in [0, 0.05) is 5.71 Å². The van der Waals surface area contributed by atoms with Gasteiger partial charge in [0.1, 0.15) is 0 Å². The van der Waals surface area contributed by atoms with Crippen LogP contribution in [0.1, 0.15) is 90.7 Å². The molecule has 1 nitrogen and oxygen atoms in total. The monoisotopic (exact) mass is 393 g/mol. The third-order valence-corrected chi connectivity index (χ3v) is 6.63. The molecule has 1 aromatic carbocycles. The molecule has 1 saturated carbocycles. The number of rotatable bonds is 10. The van der Waals surface area contributed by atoms with Gasteiger partial charge in [0.2, 0.25) is 0 Å². The van der Waals surface area contributed by atoms with Crippen LogP contribution in [0.25, 0.3) is 0 Å². The highest BCUT2D eigenvalue weighted by molar-refractivity contribution is 6.00. The van der Waals surface area contributed by atoms with Crippen molar-refractivity contribution in [2.45, 2.75) is 92.5 Å². The van der Waals surface area contributed by atoms with Gasteiger partial charge in [0.15, 0.2) is 0 Å². The molecule has 1 unspecified atom stereocenters. The van der Waals surface area contributed by atoms with Crippen molar-refractivity contribution in [3.63, 3.8) is 0 Å². The molecule has 29 heavy (non-hydrogen) atoms. The lowest BCUT2D eigenvalue weighted by Crippen LogP contribution is -2.18. The number of aliphatic imine (C=N–C) groups is 1.